The Balaban J connectivity index is 1.76. The smallest absolute Gasteiger partial charge is 0.336 e. The predicted octanol–water partition coefficient (Wildman–Crippen LogP) is 3.32. The lowest BCUT2D eigenvalue weighted by molar-refractivity contribution is -0.138. The standard InChI is InChI=1S/C17H12O5S/c18-13-2-3-14-12(7-17(20)22-15(14)8-13)9-21-16(19)4-1-11-5-6-23-10-11/h1-8,10,18H,9H2/b4-1+. The number of carbonyl (C=O) groups excluding carboxylic acids is 1. The van der Waals surface area contributed by atoms with E-state index >= 15 is 0 Å². The van der Waals surface area contributed by atoms with Crippen molar-refractivity contribution in [2.45, 2.75) is 6.61 Å². The van der Waals surface area contributed by atoms with E-state index in [1.807, 2.05) is 16.8 Å². The summed E-state index contributed by atoms with van der Waals surface area (Å²) in [5, 5.41) is 13.9. The van der Waals surface area contributed by atoms with Crippen molar-refractivity contribution in [1.29, 1.82) is 0 Å². The lowest BCUT2D eigenvalue weighted by Gasteiger charge is -2.06. The van der Waals surface area contributed by atoms with Gasteiger partial charge in [0.15, 0.2) is 0 Å². The number of thiophene rings is 1. The fourth-order valence-corrected chi connectivity index (χ4v) is 2.70. The van der Waals surface area contributed by atoms with Crippen molar-refractivity contribution >= 4 is 34.4 Å². The molecular weight excluding hydrogens is 316 g/mol. The van der Waals surface area contributed by atoms with E-state index in [0.717, 1.165) is 5.56 Å². The molecule has 3 aromatic rings. The zero-order chi connectivity index (χ0) is 16.2. The molecule has 0 aliphatic carbocycles. The molecule has 5 nitrogen and oxygen atoms in total. The van der Waals surface area contributed by atoms with Crippen LogP contribution in [0.3, 0.4) is 0 Å². The van der Waals surface area contributed by atoms with Gasteiger partial charge >= 0.3 is 11.6 Å². The van der Waals surface area contributed by atoms with Crippen LogP contribution >= 0.6 is 11.3 Å². The number of benzene rings is 1. The van der Waals surface area contributed by atoms with E-state index in [1.54, 1.807) is 12.1 Å². The average molecular weight is 328 g/mol. The minimum absolute atomic E-state index is 0.00603. The Morgan fingerprint density at radius 1 is 1.30 bits per heavy atom. The number of phenolic OH excluding ortho intramolecular Hbond substituents is 1. The van der Waals surface area contributed by atoms with Crippen molar-refractivity contribution in [3.05, 3.63) is 68.7 Å². The Bertz CT molecular complexity index is 922. The van der Waals surface area contributed by atoms with Gasteiger partial charge in [0.05, 0.1) is 0 Å². The number of hydrogen-bond donors (Lipinski definition) is 1. The van der Waals surface area contributed by atoms with Crippen LogP contribution in [-0.2, 0) is 16.1 Å². The Kier molecular flexibility index (Phi) is 4.25. The van der Waals surface area contributed by atoms with E-state index in [0.29, 0.717) is 10.9 Å². The monoisotopic (exact) mass is 328 g/mol. The van der Waals surface area contributed by atoms with Crippen LogP contribution < -0.4 is 5.63 Å². The molecule has 0 atom stereocenters. The zero-order valence-electron chi connectivity index (χ0n) is 11.9. The van der Waals surface area contributed by atoms with Gasteiger partial charge in [-0.3, -0.25) is 0 Å². The van der Waals surface area contributed by atoms with Crippen LogP contribution in [0.15, 0.2) is 56.4 Å². The topological polar surface area (TPSA) is 76.7 Å². The molecule has 2 aromatic heterocycles. The van der Waals surface area contributed by atoms with Crippen LogP contribution in [0.1, 0.15) is 11.1 Å². The maximum Gasteiger partial charge on any atom is 0.336 e. The Hall–Kier alpha value is -2.86. The summed E-state index contributed by atoms with van der Waals surface area (Å²) in [6.07, 6.45) is 3.00. The Morgan fingerprint density at radius 3 is 2.96 bits per heavy atom. The number of fused-ring (bicyclic) bond motifs is 1. The second kappa shape index (κ2) is 6.50. The molecule has 0 bridgehead atoms. The van der Waals surface area contributed by atoms with Gasteiger partial charge < -0.3 is 14.3 Å². The first-order valence-corrected chi connectivity index (χ1v) is 7.69. The van der Waals surface area contributed by atoms with E-state index < -0.39 is 11.6 Å². The summed E-state index contributed by atoms with van der Waals surface area (Å²) >= 11 is 1.54. The Morgan fingerprint density at radius 2 is 2.17 bits per heavy atom. The average Bonchev–Trinajstić information content (AvgIpc) is 3.03. The molecule has 6 heteroatoms. The number of phenols is 1. The molecule has 0 amide bonds. The highest BCUT2D eigenvalue weighted by Gasteiger charge is 2.08. The summed E-state index contributed by atoms with van der Waals surface area (Å²) < 4.78 is 10.2. The van der Waals surface area contributed by atoms with Crippen LogP contribution in [0.25, 0.3) is 17.0 Å². The minimum Gasteiger partial charge on any atom is -0.508 e. The minimum atomic E-state index is -0.567. The number of aromatic hydroxyl groups is 1. The van der Waals surface area contributed by atoms with Crippen molar-refractivity contribution in [3.63, 3.8) is 0 Å². The molecule has 2 heterocycles. The van der Waals surface area contributed by atoms with Crippen LogP contribution in [0.5, 0.6) is 5.75 Å². The maximum atomic E-state index is 11.7. The first-order valence-electron chi connectivity index (χ1n) is 6.74. The second-order valence-corrected chi connectivity index (χ2v) is 5.55. The highest BCUT2D eigenvalue weighted by Crippen LogP contribution is 2.22. The largest absolute Gasteiger partial charge is 0.508 e. The lowest BCUT2D eigenvalue weighted by Crippen LogP contribution is -2.05. The molecule has 0 unspecified atom stereocenters. The van der Waals surface area contributed by atoms with Crippen molar-refractivity contribution in [2.24, 2.45) is 0 Å². The summed E-state index contributed by atoms with van der Waals surface area (Å²) in [5.41, 5.74) is 1.13. The van der Waals surface area contributed by atoms with Crippen molar-refractivity contribution in [3.8, 4) is 5.75 Å². The second-order valence-electron chi connectivity index (χ2n) is 4.77. The molecule has 0 radical (unpaired) electrons. The van der Waals surface area contributed by atoms with Crippen molar-refractivity contribution in [1.82, 2.24) is 0 Å². The van der Waals surface area contributed by atoms with Gasteiger partial charge in [0.1, 0.15) is 17.9 Å². The Labute approximate surface area is 135 Å². The van der Waals surface area contributed by atoms with Gasteiger partial charge in [0.25, 0.3) is 0 Å². The molecule has 0 saturated heterocycles. The summed E-state index contributed by atoms with van der Waals surface area (Å²) in [6, 6.07) is 7.59. The fourth-order valence-electron chi connectivity index (χ4n) is 2.07. The van der Waals surface area contributed by atoms with Gasteiger partial charge in [0, 0.05) is 29.2 Å². The lowest BCUT2D eigenvalue weighted by atomic mass is 10.1. The first-order chi connectivity index (χ1) is 11.1. The SMILES string of the molecule is O=C(/C=C/c1ccsc1)OCc1cc(=O)oc2cc(O)ccc12. The quantitative estimate of drug-likeness (QED) is 0.452. The van der Waals surface area contributed by atoms with E-state index in [4.69, 9.17) is 9.15 Å². The zero-order valence-corrected chi connectivity index (χ0v) is 12.7. The molecule has 3 rings (SSSR count). The summed E-state index contributed by atoms with van der Waals surface area (Å²) in [4.78, 5) is 23.3. The molecule has 0 aliphatic heterocycles. The summed E-state index contributed by atoms with van der Waals surface area (Å²) in [6.45, 7) is -0.0559. The molecule has 23 heavy (non-hydrogen) atoms. The number of hydrogen-bond acceptors (Lipinski definition) is 6. The highest BCUT2D eigenvalue weighted by molar-refractivity contribution is 7.08. The summed E-state index contributed by atoms with van der Waals surface area (Å²) in [7, 11) is 0. The van der Waals surface area contributed by atoms with Crippen molar-refractivity contribution in [2.75, 3.05) is 0 Å². The number of rotatable bonds is 4. The van der Waals surface area contributed by atoms with Gasteiger partial charge in [-0.25, -0.2) is 9.59 Å². The molecule has 116 valence electrons. The first kappa shape index (κ1) is 15.1. The fraction of sp³-hybridized carbons (Fsp3) is 0.0588. The van der Waals surface area contributed by atoms with E-state index in [1.165, 1.54) is 35.6 Å². The number of ether oxygens (including phenoxy) is 1. The van der Waals surface area contributed by atoms with Crippen LogP contribution in [0, 0.1) is 0 Å². The highest BCUT2D eigenvalue weighted by atomic mass is 32.1. The number of esters is 1. The third-order valence-electron chi connectivity index (χ3n) is 3.14. The van der Waals surface area contributed by atoms with Gasteiger partial charge in [-0.15, -0.1) is 0 Å². The van der Waals surface area contributed by atoms with Crippen LogP contribution in [0.2, 0.25) is 0 Å². The van der Waals surface area contributed by atoms with Gasteiger partial charge in [0.2, 0.25) is 0 Å². The third-order valence-corrected chi connectivity index (χ3v) is 3.84. The molecule has 1 N–H and O–H groups in total. The maximum absolute atomic E-state index is 11.7. The molecule has 0 saturated carbocycles. The summed E-state index contributed by atoms with van der Waals surface area (Å²) in [5.74, 6) is -0.509. The molecule has 1 aromatic carbocycles. The molecular formula is C17H12O5S. The van der Waals surface area contributed by atoms with Gasteiger partial charge in [-0.05, 0) is 40.6 Å². The van der Waals surface area contributed by atoms with E-state index in [9.17, 15) is 14.7 Å². The normalized spacial score (nSPS) is 11.1. The third kappa shape index (κ3) is 3.67. The molecule has 0 aliphatic rings. The van der Waals surface area contributed by atoms with Crippen LogP contribution in [0.4, 0.5) is 0 Å². The molecule has 0 fully saturated rings. The van der Waals surface area contributed by atoms with Crippen LogP contribution in [-0.4, -0.2) is 11.1 Å². The van der Waals surface area contributed by atoms with Crippen molar-refractivity contribution < 1.29 is 19.1 Å². The van der Waals surface area contributed by atoms with E-state index in [2.05, 4.69) is 0 Å². The van der Waals surface area contributed by atoms with Gasteiger partial charge in [-0.1, -0.05) is 0 Å². The van der Waals surface area contributed by atoms with E-state index in [-0.39, 0.29) is 17.9 Å². The predicted molar refractivity (Wildman–Crippen MR) is 87.3 cm³/mol. The van der Waals surface area contributed by atoms with Gasteiger partial charge in [-0.2, -0.15) is 11.3 Å². The number of carbonyl (C=O) groups is 1. The molecule has 0 spiro atoms.